The number of carbonyl (C=O) groups is 1. The van der Waals surface area contributed by atoms with Crippen LogP contribution < -0.4 is 9.62 Å². The van der Waals surface area contributed by atoms with Gasteiger partial charge in [-0.2, -0.15) is 0 Å². The van der Waals surface area contributed by atoms with E-state index in [-0.39, 0.29) is 22.3 Å². The summed E-state index contributed by atoms with van der Waals surface area (Å²) in [7, 11) is -3.63. The Kier molecular flexibility index (Phi) is 5.04. The molecule has 1 N–H and O–H groups in total. The minimum absolute atomic E-state index is 0.00145. The average Bonchev–Trinajstić information content (AvgIpc) is 2.95. The SMILES string of the molecule is C[C@@H]1Cc2cc(C(=O)NCC(C)(C)C)ccc2N1S(=O)(=O)c1ccccc1. The molecule has 0 fully saturated rings. The fraction of sp³-hybridized carbons (Fsp3) is 0.381. The second-order valence-electron chi connectivity index (χ2n) is 8.25. The van der Waals surface area contributed by atoms with Gasteiger partial charge < -0.3 is 5.32 Å². The van der Waals surface area contributed by atoms with Crippen molar-refractivity contribution in [3.8, 4) is 0 Å². The fourth-order valence-corrected chi connectivity index (χ4v) is 4.98. The van der Waals surface area contributed by atoms with Crippen LogP contribution in [0.15, 0.2) is 53.4 Å². The van der Waals surface area contributed by atoms with Crippen molar-refractivity contribution >= 4 is 21.6 Å². The van der Waals surface area contributed by atoms with E-state index in [2.05, 4.69) is 26.1 Å². The second-order valence-corrected chi connectivity index (χ2v) is 10.1. The van der Waals surface area contributed by atoms with Gasteiger partial charge in [0.15, 0.2) is 0 Å². The van der Waals surface area contributed by atoms with Crippen LogP contribution in [0.5, 0.6) is 0 Å². The highest BCUT2D eigenvalue weighted by Gasteiger charge is 2.36. The topological polar surface area (TPSA) is 66.5 Å². The molecule has 5 nitrogen and oxygen atoms in total. The molecule has 0 aliphatic carbocycles. The predicted molar refractivity (Wildman–Crippen MR) is 108 cm³/mol. The van der Waals surface area contributed by atoms with Crippen LogP contribution in [0.4, 0.5) is 5.69 Å². The van der Waals surface area contributed by atoms with Crippen LogP contribution in [0.2, 0.25) is 0 Å². The molecule has 6 heteroatoms. The summed E-state index contributed by atoms with van der Waals surface area (Å²) < 4.78 is 27.6. The van der Waals surface area contributed by atoms with Crippen molar-refractivity contribution in [1.29, 1.82) is 0 Å². The number of carbonyl (C=O) groups excluding carboxylic acids is 1. The molecule has 0 radical (unpaired) electrons. The van der Waals surface area contributed by atoms with Crippen LogP contribution in [-0.2, 0) is 16.4 Å². The third kappa shape index (κ3) is 4.00. The van der Waals surface area contributed by atoms with Crippen molar-refractivity contribution in [2.75, 3.05) is 10.8 Å². The molecule has 3 rings (SSSR count). The largest absolute Gasteiger partial charge is 0.352 e. The lowest BCUT2D eigenvalue weighted by Gasteiger charge is -2.24. The Hall–Kier alpha value is -2.34. The number of rotatable bonds is 4. The van der Waals surface area contributed by atoms with E-state index in [1.807, 2.05) is 13.0 Å². The van der Waals surface area contributed by atoms with Gasteiger partial charge in [-0.3, -0.25) is 9.10 Å². The summed E-state index contributed by atoms with van der Waals surface area (Å²) in [5, 5.41) is 2.94. The number of nitrogens with one attached hydrogen (secondary N) is 1. The number of benzene rings is 2. The molecule has 2 aromatic rings. The number of hydrogen-bond donors (Lipinski definition) is 1. The average molecular weight is 387 g/mol. The summed E-state index contributed by atoms with van der Waals surface area (Å²) in [6.07, 6.45) is 0.585. The molecule has 1 aliphatic rings. The van der Waals surface area contributed by atoms with Crippen LogP contribution in [0.3, 0.4) is 0 Å². The highest BCUT2D eigenvalue weighted by atomic mass is 32.2. The Balaban J connectivity index is 1.89. The molecular formula is C21H26N2O3S. The van der Waals surface area contributed by atoms with Crippen LogP contribution in [0.25, 0.3) is 0 Å². The molecule has 27 heavy (non-hydrogen) atoms. The number of nitrogens with zero attached hydrogens (tertiary/aromatic N) is 1. The first-order chi connectivity index (χ1) is 12.6. The van der Waals surface area contributed by atoms with Crippen molar-refractivity contribution in [2.24, 2.45) is 5.41 Å². The Labute approximate surface area is 161 Å². The lowest BCUT2D eigenvalue weighted by atomic mass is 9.97. The third-order valence-corrected chi connectivity index (χ3v) is 6.52. The summed E-state index contributed by atoms with van der Waals surface area (Å²) in [4.78, 5) is 12.7. The molecule has 1 amide bonds. The van der Waals surface area contributed by atoms with Crippen molar-refractivity contribution in [2.45, 2.75) is 45.1 Å². The quantitative estimate of drug-likeness (QED) is 0.873. The molecule has 1 aliphatic heterocycles. The maximum atomic E-state index is 13.1. The zero-order valence-electron chi connectivity index (χ0n) is 16.2. The molecule has 1 atom stereocenters. The first-order valence-corrected chi connectivity index (χ1v) is 10.5. The molecule has 2 aromatic carbocycles. The van der Waals surface area contributed by atoms with E-state index in [1.54, 1.807) is 42.5 Å². The monoisotopic (exact) mass is 386 g/mol. The van der Waals surface area contributed by atoms with Gasteiger partial charge in [-0.05, 0) is 54.7 Å². The van der Waals surface area contributed by atoms with Gasteiger partial charge in [0, 0.05) is 18.2 Å². The summed E-state index contributed by atoms with van der Waals surface area (Å²) >= 11 is 0. The van der Waals surface area contributed by atoms with Gasteiger partial charge in [-0.15, -0.1) is 0 Å². The number of amides is 1. The molecule has 0 spiro atoms. The number of anilines is 1. The Morgan fingerprint density at radius 1 is 1.15 bits per heavy atom. The first kappa shape index (κ1) is 19.4. The highest BCUT2D eigenvalue weighted by molar-refractivity contribution is 7.92. The Bertz CT molecular complexity index is 947. The Morgan fingerprint density at radius 3 is 2.44 bits per heavy atom. The highest BCUT2D eigenvalue weighted by Crippen LogP contribution is 2.37. The van der Waals surface area contributed by atoms with E-state index in [0.29, 0.717) is 24.2 Å². The van der Waals surface area contributed by atoms with Crippen LogP contribution >= 0.6 is 0 Å². The lowest BCUT2D eigenvalue weighted by molar-refractivity contribution is 0.0939. The first-order valence-electron chi connectivity index (χ1n) is 9.10. The van der Waals surface area contributed by atoms with E-state index in [0.717, 1.165) is 5.56 Å². The van der Waals surface area contributed by atoms with E-state index in [4.69, 9.17) is 0 Å². The summed E-state index contributed by atoms with van der Waals surface area (Å²) in [6.45, 7) is 8.64. The van der Waals surface area contributed by atoms with Gasteiger partial charge in [0.2, 0.25) is 0 Å². The lowest BCUT2D eigenvalue weighted by Crippen LogP contribution is -2.35. The predicted octanol–water partition coefficient (Wildman–Crippen LogP) is 3.60. The molecule has 0 aromatic heterocycles. The number of hydrogen-bond acceptors (Lipinski definition) is 3. The molecular weight excluding hydrogens is 360 g/mol. The molecule has 144 valence electrons. The van der Waals surface area contributed by atoms with Crippen LogP contribution in [0.1, 0.15) is 43.6 Å². The maximum absolute atomic E-state index is 13.1. The van der Waals surface area contributed by atoms with Gasteiger partial charge in [0.05, 0.1) is 10.6 Å². The molecule has 0 saturated carbocycles. The molecule has 0 saturated heterocycles. The zero-order valence-corrected chi connectivity index (χ0v) is 17.0. The van der Waals surface area contributed by atoms with E-state index < -0.39 is 10.0 Å². The smallest absolute Gasteiger partial charge is 0.264 e. The van der Waals surface area contributed by atoms with Gasteiger partial charge >= 0.3 is 0 Å². The minimum atomic E-state index is -3.63. The van der Waals surface area contributed by atoms with Crippen molar-refractivity contribution < 1.29 is 13.2 Å². The van der Waals surface area contributed by atoms with Gasteiger partial charge in [0.25, 0.3) is 15.9 Å². The summed E-state index contributed by atoms with van der Waals surface area (Å²) in [6, 6.07) is 13.5. The summed E-state index contributed by atoms with van der Waals surface area (Å²) in [5.74, 6) is -0.134. The number of sulfonamides is 1. The summed E-state index contributed by atoms with van der Waals surface area (Å²) in [5.41, 5.74) is 2.09. The second kappa shape index (κ2) is 7.00. The zero-order chi connectivity index (χ0) is 19.8. The Morgan fingerprint density at radius 2 is 1.81 bits per heavy atom. The van der Waals surface area contributed by atoms with E-state index in [9.17, 15) is 13.2 Å². The van der Waals surface area contributed by atoms with Gasteiger partial charge in [-0.1, -0.05) is 39.0 Å². The molecule has 0 unspecified atom stereocenters. The normalized spacial score (nSPS) is 16.9. The van der Waals surface area contributed by atoms with Gasteiger partial charge in [-0.25, -0.2) is 8.42 Å². The van der Waals surface area contributed by atoms with Gasteiger partial charge in [0.1, 0.15) is 0 Å². The number of fused-ring (bicyclic) bond motifs is 1. The molecule has 1 heterocycles. The van der Waals surface area contributed by atoms with Crippen LogP contribution in [-0.4, -0.2) is 26.9 Å². The van der Waals surface area contributed by atoms with Crippen molar-refractivity contribution in [1.82, 2.24) is 5.32 Å². The van der Waals surface area contributed by atoms with Crippen molar-refractivity contribution in [3.05, 3.63) is 59.7 Å². The maximum Gasteiger partial charge on any atom is 0.264 e. The third-order valence-electron chi connectivity index (χ3n) is 4.57. The minimum Gasteiger partial charge on any atom is -0.352 e. The fourth-order valence-electron chi connectivity index (χ4n) is 3.26. The van der Waals surface area contributed by atoms with E-state index >= 15 is 0 Å². The molecule has 0 bridgehead atoms. The standard InChI is InChI=1S/C21H26N2O3S/c1-15-12-17-13-16(20(24)22-14-21(2,3)4)10-11-19(17)23(15)27(25,26)18-8-6-5-7-9-18/h5-11,13,15H,12,14H2,1-4H3,(H,22,24)/t15-/m1/s1. The van der Waals surface area contributed by atoms with Crippen LogP contribution in [0, 0.1) is 5.41 Å². The van der Waals surface area contributed by atoms with E-state index in [1.165, 1.54) is 4.31 Å². The van der Waals surface area contributed by atoms with Crippen molar-refractivity contribution in [3.63, 3.8) is 0 Å².